The summed E-state index contributed by atoms with van der Waals surface area (Å²) in [4.78, 5) is 0. The Morgan fingerprint density at radius 2 is 0.831 bits per heavy atom. The highest BCUT2D eigenvalue weighted by atomic mass is 14.4. The maximum Gasteiger partial charge on any atom is 0.0159 e. The molecule has 10 aromatic carbocycles. The van der Waals surface area contributed by atoms with Gasteiger partial charge in [-0.1, -0.05) is 191 Å². The van der Waals surface area contributed by atoms with Gasteiger partial charge in [0.05, 0.1) is 0 Å². The van der Waals surface area contributed by atoms with Crippen LogP contribution in [0.25, 0.3) is 99.1 Å². The molecule has 2 aliphatic rings. The van der Waals surface area contributed by atoms with Crippen LogP contribution in [0.2, 0.25) is 0 Å². The van der Waals surface area contributed by atoms with Crippen LogP contribution in [-0.2, 0) is 5.41 Å². The highest BCUT2D eigenvalue weighted by molar-refractivity contribution is 6.24. The maximum atomic E-state index is 2.48. The van der Waals surface area contributed by atoms with Crippen LogP contribution in [0.1, 0.15) is 48.9 Å². The molecule has 10 aromatic rings. The van der Waals surface area contributed by atoms with Crippen LogP contribution in [0.15, 0.2) is 194 Å². The van der Waals surface area contributed by atoms with E-state index >= 15 is 0 Å². The van der Waals surface area contributed by atoms with Crippen molar-refractivity contribution in [2.24, 2.45) is 0 Å². The van der Waals surface area contributed by atoms with Crippen molar-refractivity contribution in [2.75, 3.05) is 0 Å². The molecule has 0 aromatic heterocycles. The van der Waals surface area contributed by atoms with E-state index in [2.05, 4.69) is 215 Å². The van der Waals surface area contributed by atoms with Crippen molar-refractivity contribution in [1.29, 1.82) is 0 Å². The average molecular weight is 751 g/mol. The van der Waals surface area contributed by atoms with Gasteiger partial charge in [0, 0.05) is 11.3 Å². The molecule has 0 N–H and O–H groups in total. The smallest absolute Gasteiger partial charge is 0.0159 e. The first kappa shape index (κ1) is 34.1. The van der Waals surface area contributed by atoms with Gasteiger partial charge in [-0.2, -0.15) is 0 Å². The van der Waals surface area contributed by atoms with Crippen molar-refractivity contribution < 1.29 is 0 Å². The summed E-state index contributed by atoms with van der Waals surface area (Å²) in [6.07, 6.45) is 0. The molecule has 0 saturated carbocycles. The molecule has 59 heavy (non-hydrogen) atoms. The van der Waals surface area contributed by atoms with E-state index in [4.69, 9.17) is 0 Å². The zero-order chi connectivity index (χ0) is 39.4. The molecule has 0 fully saturated rings. The van der Waals surface area contributed by atoms with Gasteiger partial charge in [0.1, 0.15) is 0 Å². The van der Waals surface area contributed by atoms with Crippen LogP contribution in [0.4, 0.5) is 0 Å². The predicted molar refractivity (Wildman–Crippen MR) is 251 cm³/mol. The molecule has 1 unspecified atom stereocenters. The first-order valence-electron chi connectivity index (χ1n) is 21.0. The minimum absolute atomic E-state index is 0.0721. The monoisotopic (exact) mass is 750 g/mol. The fourth-order valence-corrected chi connectivity index (χ4v) is 10.8. The summed E-state index contributed by atoms with van der Waals surface area (Å²) in [7, 11) is 0. The Balaban J connectivity index is 1.01. The highest BCUT2D eigenvalue weighted by Gasteiger charge is 2.35. The van der Waals surface area contributed by atoms with Crippen LogP contribution >= 0.6 is 0 Å². The van der Waals surface area contributed by atoms with Gasteiger partial charge in [-0.05, 0) is 146 Å². The summed E-state index contributed by atoms with van der Waals surface area (Å²) in [6, 6.07) is 73.1. The van der Waals surface area contributed by atoms with Crippen LogP contribution in [0.3, 0.4) is 0 Å². The lowest BCUT2D eigenvalue weighted by atomic mass is 9.80. The van der Waals surface area contributed by atoms with Gasteiger partial charge in [0.15, 0.2) is 0 Å². The van der Waals surface area contributed by atoms with E-state index < -0.39 is 0 Å². The van der Waals surface area contributed by atoms with Crippen molar-refractivity contribution >= 4 is 32.3 Å². The van der Waals surface area contributed by atoms with Gasteiger partial charge >= 0.3 is 0 Å². The fraction of sp³-hybridized carbons (Fsp3) is 0.0847. The first-order valence-corrected chi connectivity index (χ1v) is 21.0. The average Bonchev–Trinajstić information content (AvgIpc) is 3.70. The van der Waals surface area contributed by atoms with E-state index in [0.29, 0.717) is 5.92 Å². The molecule has 0 nitrogen and oxygen atoms in total. The second-order valence-corrected chi connectivity index (χ2v) is 17.2. The molecule has 278 valence electrons. The summed E-state index contributed by atoms with van der Waals surface area (Å²) in [5, 5.41) is 7.61. The molecule has 0 amide bonds. The normalized spacial score (nSPS) is 14.7. The quantitative estimate of drug-likeness (QED) is 0.157. The minimum atomic E-state index is -0.0721. The number of fused-ring (bicyclic) bond motifs is 9. The number of rotatable bonds is 4. The third-order valence-corrected chi connectivity index (χ3v) is 13.7. The van der Waals surface area contributed by atoms with Gasteiger partial charge in [0.2, 0.25) is 0 Å². The van der Waals surface area contributed by atoms with Crippen molar-refractivity contribution in [2.45, 2.75) is 32.1 Å². The Kier molecular flexibility index (Phi) is 7.35. The zero-order valence-corrected chi connectivity index (χ0v) is 33.6. The first-order chi connectivity index (χ1) is 28.9. The second kappa shape index (κ2) is 12.7. The molecular formula is C59H42. The summed E-state index contributed by atoms with van der Waals surface area (Å²) in [5.41, 5.74) is 21.1. The molecule has 12 rings (SSSR count). The van der Waals surface area contributed by atoms with E-state index in [1.54, 1.807) is 0 Å². The maximum absolute atomic E-state index is 2.48. The predicted octanol–water partition coefficient (Wildman–Crippen LogP) is 16.3. The summed E-state index contributed by atoms with van der Waals surface area (Å²) >= 11 is 0. The largest absolute Gasteiger partial charge is 0.0619 e. The molecule has 2 aliphatic carbocycles. The van der Waals surface area contributed by atoms with Crippen molar-refractivity contribution in [3.8, 4) is 66.8 Å². The van der Waals surface area contributed by atoms with Gasteiger partial charge in [0.25, 0.3) is 0 Å². The molecule has 1 atom stereocenters. The Morgan fingerprint density at radius 1 is 0.322 bits per heavy atom. The van der Waals surface area contributed by atoms with Gasteiger partial charge < -0.3 is 0 Å². The number of hydrogen-bond acceptors (Lipinski definition) is 0. The summed E-state index contributed by atoms with van der Waals surface area (Å²) in [6.45, 7) is 7.08. The Morgan fingerprint density at radius 3 is 1.56 bits per heavy atom. The molecule has 0 radical (unpaired) electrons. The molecule has 0 heteroatoms. The van der Waals surface area contributed by atoms with Gasteiger partial charge in [-0.25, -0.2) is 0 Å². The van der Waals surface area contributed by atoms with E-state index in [0.717, 1.165) is 0 Å². The summed E-state index contributed by atoms with van der Waals surface area (Å²) < 4.78 is 0. The van der Waals surface area contributed by atoms with Crippen LogP contribution in [-0.4, -0.2) is 0 Å². The van der Waals surface area contributed by atoms with Gasteiger partial charge in [-0.15, -0.1) is 0 Å². The number of hydrogen-bond donors (Lipinski definition) is 0. The van der Waals surface area contributed by atoms with E-state index in [9.17, 15) is 0 Å². The van der Waals surface area contributed by atoms with E-state index in [1.807, 2.05) is 0 Å². The van der Waals surface area contributed by atoms with E-state index in [-0.39, 0.29) is 5.41 Å². The molecular weight excluding hydrogens is 709 g/mol. The summed E-state index contributed by atoms with van der Waals surface area (Å²) in [5.74, 6) is 0.399. The molecule has 0 spiro atoms. The van der Waals surface area contributed by atoms with Crippen molar-refractivity contribution in [3.63, 3.8) is 0 Å². The van der Waals surface area contributed by atoms with Crippen molar-refractivity contribution in [3.05, 3.63) is 216 Å². The van der Waals surface area contributed by atoms with Crippen LogP contribution < -0.4 is 0 Å². The lowest BCUT2D eigenvalue weighted by Gasteiger charge is -2.23. The van der Waals surface area contributed by atoms with E-state index in [1.165, 1.54) is 121 Å². The molecule has 0 bridgehead atoms. The fourth-order valence-electron chi connectivity index (χ4n) is 10.8. The second-order valence-electron chi connectivity index (χ2n) is 17.2. The topological polar surface area (TPSA) is 0 Å². The zero-order valence-electron chi connectivity index (χ0n) is 33.6. The Hall–Kier alpha value is -7.02. The lowest BCUT2D eigenvalue weighted by molar-refractivity contribution is 0.660. The standard InChI is InChI=1S/C59H42/c1-36-43-15-6-7-17-45(43)46-30-28-39(33-53(36)46)37-24-26-38(27-25-37)42-32-40-14-4-5-16-44(40)54(34-42)58-51-21-10-8-19-49(51)57(50-20-9-11-22-52(50)58)41-29-31-48-47-18-12-13-23-55(47)59(2,3)56(48)35-41/h4-36H,1-3H3. The Bertz CT molecular complexity index is 3300. The highest BCUT2D eigenvalue weighted by Crippen LogP contribution is 2.52. The van der Waals surface area contributed by atoms with Gasteiger partial charge in [-0.3, -0.25) is 0 Å². The number of benzene rings is 10. The third-order valence-electron chi connectivity index (χ3n) is 13.7. The van der Waals surface area contributed by atoms with Crippen LogP contribution in [0, 0.1) is 0 Å². The van der Waals surface area contributed by atoms with Crippen molar-refractivity contribution in [1.82, 2.24) is 0 Å². The SMILES string of the molecule is CC1c2ccccc2-c2ccc(-c3ccc(-c4cc(-c5c6ccccc6c(-c6ccc7c(c6)C(C)(C)c6ccccc6-7)c6ccccc56)c5ccccc5c4)cc3)cc21. The van der Waals surface area contributed by atoms with Crippen LogP contribution in [0.5, 0.6) is 0 Å². The Labute approximate surface area is 346 Å². The molecule has 0 heterocycles. The third kappa shape index (κ3) is 5.03. The lowest BCUT2D eigenvalue weighted by Crippen LogP contribution is -2.14. The minimum Gasteiger partial charge on any atom is -0.0619 e. The molecule has 0 aliphatic heterocycles. The molecule has 0 saturated heterocycles.